The second-order valence-electron chi connectivity index (χ2n) is 7.49. The molecule has 0 aromatic carbocycles. The maximum Gasteiger partial charge on any atom is 0.306 e. The molecular weight excluding hydrogens is 424 g/mol. The topological polar surface area (TPSA) is 132 Å². The van der Waals surface area contributed by atoms with E-state index in [9.17, 15) is 24.0 Å². The van der Waals surface area contributed by atoms with Crippen LogP contribution in [0.1, 0.15) is 79.6 Å². The second kappa shape index (κ2) is 17.0. The maximum absolute atomic E-state index is 12.0. The lowest BCUT2D eigenvalue weighted by molar-refractivity contribution is -0.165. The van der Waals surface area contributed by atoms with Crippen molar-refractivity contribution in [2.24, 2.45) is 0 Å². The summed E-state index contributed by atoms with van der Waals surface area (Å²) in [5.74, 6) is -2.35. The second-order valence-corrected chi connectivity index (χ2v) is 7.49. The van der Waals surface area contributed by atoms with E-state index in [1.54, 1.807) is 6.92 Å². The molecule has 0 N–H and O–H groups in total. The summed E-state index contributed by atoms with van der Waals surface area (Å²) in [4.78, 5) is 56.2. The van der Waals surface area contributed by atoms with Crippen molar-refractivity contribution in [2.45, 2.75) is 97.9 Å². The van der Waals surface area contributed by atoms with Crippen molar-refractivity contribution in [3.8, 4) is 0 Å². The first-order chi connectivity index (χ1) is 15.0. The number of unbranched alkanes of at least 4 members (excludes halogenated alkanes) is 4. The van der Waals surface area contributed by atoms with Gasteiger partial charge in [-0.1, -0.05) is 19.3 Å². The third-order valence-electron chi connectivity index (χ3n) is 4.31. The van der Waals surface area contributed by atoms with Gasteiger partial charge in [0.1, 0.15) is 25.4 Å². The van der Waals surface area contributed by atoms with E-state index in [1.807, 2.05) is 0 Å². The van der Waals surface area contributed by atoms with Crippen molar-refractivity contribution >= 4 is 29.8 Å². The van der Waals surface area contributed by atoms with Crippen LogP contribution in [0.4, 0.5) is 0 Å². The van der Waals surface area contributed by atoms with E-state index in [4.69, 9.17) is 23.7 Å². The average molecular weight is 461 g/mol. The molecule has 0 heterocycles. The van der Waals surface area contributed by atoms with Gasteiger partial charge in [0.05, 0.1) is 0 Å². The third kappa shape index (κ3) is 17.1. The highest BCUT2D eigenvalue weighted by Gasteiger charge is 2.22. The minimum Gasteiger partial charge on any atom is -0.462 e. The molecule has 0 fully saturated rings. The van der Waals surface area contributed by atoms with Gasteiger partial charge in [-0.05, 0) is 26.2 Å². The number of carbonyl (C=O) groups is 5. The molecule has 0 aromatic rings. The van der Waals surface area contributed by atoms with Gasteiger partial charge in [-0.25, -0.2) is 0 Å². The monoisotopic (exact) mass is 460 g/mol. The Kier molecular flexibility index (Phi) is 15.6. The molecule has 2 atom stereocenters. The molecule has 184 valence electrons. The van der Waals surface area contributed by atoms with Gasteiger partial charge in [-0.2, -0.15) is 0 Å². The Morgan fingerprint density at radius 1 is 0.625 bits per heavy atom. The molecule has 0 rings (SSSR count). The van der Waals surface area contributed by atoms with Gasteiger partial charge in [-0.15, -0.1) is 0 Å². The number of carbonyl (C=O) groups excluding carboxylic acids is 5. The lowest BCUT2D eigenvalue weighted by Gasteiger charge is -2.23. The minimum atomic E-state index is -0.840. The van der Waals surface area contributed by atoms with Gasteiger partial charge < -0.3 is 23.7 Å². The third-order valence-corrected chi connectivity index (χ3v) is 4.31. The lowest BCUT2D eigenvalue weighted by Crippen LogP contribution is -2.32. The van der Waals surface area contributed by atoms with Crippen molar-refractivity contribution < 1.29 is 47.7 Å². The summed E-state index contributed by atoms with van der Waals surface area (Å²) in [6.45, 7) is 6.42. The Labute approximate surface area is 189 Å². The Balaban J connectivity index is 4.16. The smallest absolute Gasteiger partial charge is 0.306 e. The highest BCUT2D eigenvalue weighted by atomic mass is 16.6. The van der Waals surface area contributed by atoms with Crippen LogP contribution < -0.4 is 0 Å². The molecule has 2 unspecified atom stereocenters. The zero-order valence-electron chi connectivity index (χ0n) is 19.7. The van der Waals surface area contributed by atoms with E-state index >= 15 is 0 Å². The van der Waals surface area contributed by atoms with Crippen molar-refractivity contribution in [3.05, 3.63) is 0 Å². The highest BCUT2D eigenvalue weighted by Crippen LogP contribution is 2.15. The van der Waals surface area contributed by atoms with E-state index in [0.29, 0.717) is 12.8 Å². The SMILES string of the molecule is CC(=O)OCC(COC(C)=O)OC(=O)CCCCCCCC(OC(C)=O)C(C)OC(C)=O. The Morgan fingerprint density at radius 2 is 1.12 bits per heavy atom. The first-order valence-corrected chi connectivity index (χ1v) is 10.8. The van der Waals surface area contributed by atoms with Gasteiger partial charge in [0, 0.05) is 34.1 Å². The van der Waals surface area contributed by atoms with E-state index < -0.39 is 48.2 Å². The van der Waals surface area contributed by atoms with Crippen molar-refractivity contribution in [1.82, 2.24) is 0 Å². The van der Waals surface area contributed by atoms with Gasteiger partial charge in [0.25, 0.3) is 0 Å². The van der Waals surface area contributed by atoms with Crippen LogP contribution in [0.3, 0.4) is 0 Å². The summed E-state index contributed by atoms with van der Waals surface area (Å²) in [6.07, 6.45) is 2.84. The fraction of sp³-hybridized carbons (Fsp3) is 0.773. The summed E-state index contributed by atoms with van der Waals surface area (Å²) in [5, 5.41) is 0. The zero-order chi connectivity index (χ0) is 24.5. The van der Waals surface area contributed by atoms with Crippen LogP contribution in [0.2, 0.25) is 0 Å². The Hall–Kier alpha value is -2.65. The van der Waals surface area contributed by atoms with Gasteiger partial charge in [0.15, 0.2) is 6.10 Å². The molecule has 0 amide bonds. The quantitative estimate of drug-likeness (QED) is 0.192. The molecule has 0 bridgehead atoms. The Morgan fingerprint density at radius 3 is 1.62 bits per heavy atom. The van der Waals surface area contributed by atoms with Gasteiger partial charge >= 0.3 is 29.8 Å². The van der Waals surface area contributed by atoms with Crippen LogP contribution in [0, 0.1) is 0 Å². The summed E-state index contributed by atoms with van der Waals surface area (Å²) < 4.78 is 25.2. The van der Waals surface area contributed by atoms with E-state index in [0.717, 1.165) is 25.7 Å². The fourth-order valence-corrected chi connectivity index (χ4v) is 2.87. The molecule has 32 heavy (non-hydrogen) atoms. The molecule has 0 aromatic heterocycles. The molecule has 0 aliphatic rings. The van der Waals surface area contributed by atoms with E-state index in [1.165, 1.54) is 27.7 Å². The molecule has 0 spiro atoms. The summed E-state index contributed by atoms with van der Waals surface area (Å²) in [6, 6.07) is 0. The number of hydrogen-bond acceptors (Lipinski definition) is 10. The molecule has 0 aliphatic carbocycles. The average Bonchev–Trinajstić information content (AvgIpc) is 2.67. The molecule has 0 saturated heterocycles. The first-order valence-electron chi connectivity index (χ1n) is 10.8. The largest absolute Gasteiger partial charge is 0.462 e. The summed E-state index contributed by atoms with van der Waals surface area (Å²) in [7, 11) is 0. The number of esters is 5. The maximum atomic E-state index is 12.0. The van der Waals surface area contributed by atoms with Crippen LogP contribution in [0.25, 0.3) is 0 Å². The fourth-order valence-electron chi connectivity index (χ4n) is 2.87. The molecule has 0 saturated carbocycles. The van der Waals surface area contributed by atoms with Crippen molar-refractivity contribution in [1.29, 1.82) is 0 Å². The summed E-state index contributed by atoms with van der Waals surface area (Å²) in [5.41, 5.74) is 0. The van der Waals surface area contributed by atoms with Crippen LogP contribution in [0.5, 0.6) is 0 Å². The van der Waals surface area contributed by atoms with Crippen molar-refractivity contribution in [3.63, 3.8) is 0 Å². The Bertz CT molecular complexity index is 598. The van der Waals surface area contributed by atoms with Crippen LogP contribution in [-0.2, 0) is 47.7 Å². The summed E-state index contributed by atoms with van der Waals surface area (Å²) >= 11 is 0. The van der Waals surface area contributed by atoms with Crippen LogP contribution in [-0.4, -0.2) is 61.4 Å². The number of rotatable bonds is 16. The lowest BCUT2D eigenvalue weighted by atomic mass is 10.0. The van der Waals surface area contributed by atoms with Crippen molar-refractivity contribution in [2.75, 3.05) is 13.2 Å². The van der Waals surface area contributed by atoms with E-state index in [2.05, 4.69) is 0 Å². The zero-order valence-corrected chi connectivity index (χ0v) is 19.7. The first kappa shape index (κ1) is 29.4. The van der Waals surface area contributed by atoms with Gasteiger partial charge in [-0.3, -0.25) is 24.0 Å². The molecule has 10 heteroatoms. The van der Waals surface area contributed by atoms with E-state index in [-0.39, 0.29) is 19.6 Å². The molecule has 0 radical (unpaired) electrons. The predicted molar refractivity (Wildman–Crippen MR) is 112 cm³/mol. The van der Waals surface area contributed by atoms with Gasteiger partial charge in [0.2, 0.25) is 0 Å². The number of hydrogen-bond donors (Lipinski definition) is 0. The molecular formula is C22H36O10. The molecule has 10 nitrogen and oxygen atoms in total. The normalized spacial score (nSPS) is 12.4. The minimum absolute atomic E-state index is 0.177. The standard InChI is InChI=1S/C22H36O10/c1-15(30-18(4)25)21(31-19(5)26)11-9-7-6-8-10-12-22(27)32-20(13-28-16(2)23)14-29-17(3)24/h15,20-21H,6-14H2,1-5H3. The number of ether oxygens (including phenoxy) is 5. The highest BCUT2D eigenvalue weighted by molar-refractivity contribution is 5.70. The van der Waals surface area contributed by atoms with Crippen LogP contribution >= 0.6 is 0 Å². The van der Waals surface area contributed by atoms with Crippen LogP contribution in [0.15, 0.2) is 0 Å². The molecule has 0 aliphatic heterocycles. The predicted octanol–water partition coefficient (Wildman–Crippen LogP) is 2.64.